The lowest BCUT2D eigenvalue weighted by molar-refractivity contribution is -0.133. The summed E-state index contributed by atoms with van der Waals surface area (Å²) in [5.74, 6) is -2.39. The molecule has 4 atom stereocenters. The number of primary amides is 1. The van der Waals surface area contributed by atoms with Crippen LogP contribution in [0.2, 0.25) is 0 Å². The SMILES string of the molecule is C[C@H](O)[C@@H](NC(=O)[C@@H](Cc1ccc(O)cc1)NC(=O)[C@@H](Cc1ccccc1)NC(=O)OCc1ccccc1)C(N)=O. The van der Waals surface area contributed by atoms with E-state index in [4.69, 9.17) is 10.5 Å². The largest absolute Gasteiger partial charge is 0.508 e. The highest BCUT2D eigenvalue weighted by Gasteiger charge is 2.31. The van der Waals surface area contributed by atoms with Crippen LogP contribution in [0.3, 0.4) is 0 Å². The van der Waals surface area contributed by atoms with Crippen molar-refractivity contribution < 1.29 is 34.1 Å². The van der Waals surface area contributed by atoms with E-state index in [1.165, 1.54) is 19.1 Å². The Hall–Kier alpha value is -4.90. The number of aliphatic hydroxyl groups excluding tert-OH is 1. The number of carbonyl (C=O) groups is 4. The molecule has 41 heavy (non-hydrogen) atoms. The van der Waals surface area contributed by atoms with Gasteiger partial charge in [0, 0.05) is 12.8 Å². The van der Waals surface area contributed by atoms with Crippen LogP contribution in [0, 0.1) is 0 Å². The monoisotopic (exact) mass is 562 g/mol. The Morgan fingerprint density at radius 2 is 1.22 bits per heavy atom. The number of amides is 4. The van der Waals surface area contributed by atoms with Crippen molar-refractivity contribution in [3.05, 3.63) is 102 Å². The molecule has 3 aromatic carbocycles. The first-order valence-corrected chi connectivity index (χ1v) is 13.0. The molecule has 0 saturated carbocycles. The lowest BCUT2D eigenvalue weighted by Gasteiger charge is -2.25. The molecular formula is C30H34N4O7. The fourth-order valence-corrected chi connectivity index (χ4v) is 4.00. The lowest BCUT2D eigenvalue weighted by Crippen LogP contribution is -2.59. The average Bonchev–Trinajstić information content (AvgIpc) is 2.95. The van der Waals surface area contributed by atoms with Gasteiger partial charge in [0.05, 0.1) is 6.10 Å². The summed E-state index contributed by atoms with van der Waals surface area (Å²) < 4.78 is 5.30. The summed E-state index contributed by atoms with van der Waals surface area (Å²) in [6.45, 7) is 1.29. The van der Waals surface area contributed by atoms with E-state index in [-0.39, 0.29) is 25.2 Å². The van der Waals surface area contributed by atoms with Gasteiger partial charge in [-0.2, -0.15) is 0 Å². The van der Waals surface area contributed by atoms with E-state index in [0.29, 0.717) is 5.56 Å². The Balaban J connectivity index is 1.80. The van der Waals surface area contributed by atoms with E-state index in [2.05, 4.69) is 16.0 Å². The molecule has 0 bridgehead atoms. The van der Waals surface area contributed by atoms with Gasteiger partial charge in [0.25, 0.3) is 0 Å². The minimum absolute atomic E-state index is 0.00785. The van der Waals surface area contributed by atoms with Crippen molar-refractivity contribution in [2.24, 2.45) is 5.73 Å². The molecule has 0 unspecified atom stereocenters. The Morgan fingerprint density at radius 3 is 1.76 bits per heavy atom. The molecule has 0 aliphatic rings. The van der Waals surface area contributed by atoms with Gasteiger partial charge in [-0.15, -0.1) is 0 Å². The summed E-state index contributed by atoms with van der Waals surface area (Å²) in [7, 11) is 0. The first-order chi connectivity index (χ1) is 19.6. The van der Waals surface area contributed by atoms with Crippen molar-refractivity contribution in [1.29, 1.82) is 0 Å². The number of benzene rings is 3. The van der Waals surface area contributed by atoms with Crippen LogP contribution in [-0.4, -0.2) is 58.3 Å². The molecule has 7 N–H and O–H groups in total. The molecule has 0 fully saturated rings. The zero-order chi connectivity index (χ0) is 29.8. The molecule has 0 aliphatic heterocycles. The van der Waals surface area contributed by atoms with Crippen LogP contribution >= 0.6 is 0 Å². The van der Waals surface area contributed by atoms with Crippen LogP contribution in [0.4, 0.5) is 4.79 Å². The first kappa shape index (κ1) is 30.6. The number of nitrogens with one attached hydrogen (secondary N) is 3. The highest BCUT2D eigenvalue weighted by atomic mass is 16.5. The van der Waals surface area contributed by atoms with Crippen molar-refractivity contribution in [2.75, 3.05) is 0 Å². The van der Waals surface area contributed by atoms with E-state index >= 15 is 0 Å². The molecule has 4 amide bonds. The van der Waals surface area contributed by atoms with E-state index in [9.17, 15) is 29.4 Å². The highest BCUT2D eigenvalue weighted by Crippen LogP contribution is 2.13. The van der Waals surface area contributed by atoms with Gasteiger partial charge in [-0.25, -0.2) is 4.79 Å². The van der Waals surface area contributed by atoms with Crippen LogP contribution < -0.4 is 21.7 Å². The molecule has 0 aliphatic carbocycles. The zero-order valence-electron chi connectivity index (χ0n) is 22.5. The van der Waals surface area contributed by atoms with Gasteiger partial charge in [-0.3, -0.25) is 14.4 Å². The number of nitrogens with two attached hydrogens (primary N) is 1. The molecule has 11 heteroatoms. The average molecular weight is 563 g/mol. The van der Waals surface area contributed by atoms with Gasteiger partial charge >= 0.3 is 6.09 Å². The second-order valence-electron chi connectivity index (χ2n) is 9.51. The summed E-state index contributed by atoms with van der Waals surface area (Å²) in [5.41, 5.74) is 7.43. The number of aliphatic hydroxyl groups is 1. The summed E-state index contributed by atoms with van der Waals surface area (Å²) in [6, 6.07) is 20.3. The number of rotatable bonds is 13. The number of aromatic hydroxyl groups is 1. The Kier molecular flexibility index (Phi) is 11.2. The molecule has 0 aromatic heterocycles. The molecular weight excluding hydrogens is 528 g/mol. The van der Waals surface area contributed by atoms with Crippen molar-refractivity contribution in [1.82, 2.24) is 16.0 Å². The quantitative estimate of drug-likeness (QED) is 0.182. The van der Waals surface area contributed by atoms with Gasteiger partial charge in [0.1, 0.15) is 30.5 Å². The summed E-state index contributed by atoms with van der Waals surface area (Å²) in [6.07, 6.45) is -2.04. The lowest BCUT2D eigenvalue weighted by atomic mass is 10.0. The number of hydrogen-bond donors (Lipinski definition) is 6. The van der Waals surface area contributed by atoms with Crippen LogP contribution in [0.25, 0.3) is 0 Å². The fraction of sp³-hybridized carbons (Fsp3) is 0.267. The molecule has 11 nitrogen and oxygen atoms in total. The predicted molar refractivity (Wildman–Crippen MR) is 150 cm³/mol. The minimum Gasteiger partial charge on any atom is -0.508 e. The van der Waals surface area contributed by atoms with Crippen LogP contribution in [0.15, 0.2) is 84.9 Å². The summed E-state index contributed by atoms with van der Waals surface area (Å²) >= 11 is 0. The molecule has 216 valence electrons. The fourth-order valence-electron chi connectivity index (χ4n) is 4.00. The second-order valence-corrected chi connectivity index (χ2v) is 9.51. The predicted octanol–water partition coefficient (Wildman–Crippen LogP) is 1.31. The molecule has 0 spiro atoms. The number of phenols is 1. The third-order valence-corrected chi connectivity index (χ3v) is 6.20. The van der Waals surface area contributed by atoms with Gasteiger partial charge in [-0.05, 0) is 35.7 Å². The Morgan fingerprint density at radius 1 is 0.732 bits per heavy atom. The molecule has 0 saturated heterocycles. The van der Waals surface area contributed by atoms with Crippen LogP contribution in [-0.2, 0) is 38.6 Å². The summed E-state index contributed by atoms with van der Waals surface area (Å²) in [5, 5.41) is 27.1. The minimum atomic E-state index is -1.40. The topological polar surface area (TPSA) is 180 Å². The third kappa shape index (κ3) is 9.97. The van der Waals surface area contributed by atoms with E-state index < -0.39 is 48.0 Å². The zero-order valence-corrected chi connectivity index (χ0v) is 22.5. The molecule has 0 radical (unpaired) electrons. The first-order valence-electron chi connectivity index (χ1n) is 13.0. The van der Waals surface area contributed by atoms with E-state index in [1.807, 2.05) is 24.3 Å². The van der Waals surface area contributed by atoms with Gasteiger partial charge < -0.3 is 36.6 Å². The maximum Gasteiger partial charge on any atom is 0.408 e. The number of phenolic OH excluding ortho intramolecular Hbond substituents is 1. The van der Waals surface area contributed by atoms with Crippen LogP contribution in [0.5, 0.6) is 5.75 Å². The molecule has 0 heterocycles. The number of carbonyl (C=O) groups excluding carboxylic acids is 4. The molecule has 3 aromatic rings. The van der Waals surface area contributed by atoms with Crippen LogP contribution in [0.1, 0.15) is 23.6 Å². The maximum absolute atomic E-state index is 13.5. The maximum atomic E-state index is 13.5. The van der Waals surface area contributed by atoms with E-state index in [1.54, 1.807) is 48.5 Å². The van der Waals surface area contributed by atoms with Crippen molar-refractivity contribution in [3.63, 3.8) is 0 Å². The van der Waals surface area contributed by atoms with Gasteiger partial charge in [0.2, 0.25) is 17.7 Å². The van der Waals surface area contributed by atoms with Gasteiger partial charge in [-0.1, -0.05) is 72.8 Å². The number of ether oxygens (including phenoxy) is 1. The van der Waals surface area contributed by atoms with Crippen molar-refractivity contribution in [2.45, 2.75) is 50.6 Å². The second kappa shape index (κ2) is 15.0. The highest BCUT2D eigenvalue weighted by molar-refractivity contribution is 5.94. The third-order valence-electron chi connectivity index (χ3n) is 6.20. The van der Waals surface area contributed by atoms with E-state index in [0.717, 1.165) is 11.1 Å². The van der Waals surface area contributed by atoms with Crippen molar-refractivity contribution in [3.8, 4) is 5.75 Å². The number of alkyl carbamates (subject to hydrolysis) is 1. The number of hydrogen-bond acceptors (Lipinski definition) is 7. The van der Waals surface area contributed by atoms with Crippen molar-refractivity contribution >= 4 is 23.8 Å². The Bertz CT molecular complexity index is 1300. The molecule has 3 rings (SSSR count). The normalized spacial score (nSPS) is 13.6. The van der Waals surface area contributed by atoms with Gasteiger partial charge in [0.15, 0.2) is 0 Å². The summed E-state index contributed by atoms with van der Waals surface area (Å²) in [4.78, 5) is 51.2. The smallest absolute Gasteiger partial charge is 0.408 e. The Labute approximate surface area is 237 Å². The standard InChI is InChI=1S/C30H34N4O7/c1-19(35)26(27(31)37)34-29(39)24(17-21-12-14-23(36)15-13-21)32-28(38)25(16-20-8-4-2-5-9-20)33-30(40)41-18-22-10-6-3-7-11-22/h2-15,19,24-26,35-36H,16-18H2,1H3,(H2,31,37)(H,32,38)(H,33,40)(H,34,39)/t19-,24+,25+,26+/m0/s1.